The first-order valence-corrected chi connectivity index (χ1v) is 16.6. The summed E-state index contributed by atoms with van der Waals surface area (Å²) in [5, 5.41) is 0.567. The van der Waals surface area contributed by atoms with E-state index in [1.807, 2.05) is 36.1 Å². The van der Waals surface area contributed by atoms with E-state index in [2.05, 4.69) is 22.0 Å². The van der Waals surface area contributed by atoms with Crippen molar-refractivity contribution in [2.75, 3.05) is 50.3 Å². The summed E-state index contributed by atoms with van der Waals surface area (Å²) in [7, 11) is 3.27. The molecule has 11 nitrogen and oxygen atoms in total. The Bertz CT molecular complexity index is 1860. The zero-order valence-electron chi connectivity index (χ0n) is 28.5. The third-order valence-electron chi connectivity index (χ3n) is 9.34. The van der Waals surface area contributed by atoms with Crippen LogP contribution in [0.5, 0.6) is 0 Å². The summed E-state index contributed by atoms with van der Waals surface area (Å²) in [6.07, 6.45) is 5.70. The number of aryl methyl sites for hydroxylation is 1. The van der Waals surface area contributed by atoms with Gasteiger partial charge in [0.15, 0.2) is 0 Å². The Morgan fingerprint density at radius 3 is 2.50 bits per heavy atom. The van der Waals surface area contributed by atoms with Gasteiger partial charge in [-0.05, 0) is 81.0 Å². The van der Waals surface area contributed by atoms with Gasteiger partial charge in [0.1, 0.15) is 16.8 Å². The Kier molecular flexibility index (Phi) is 9.82. The predicted molar refractivity (Wildman–Crippen MR) is 184 cm³/mol. The van der Waals surface area contributed by atoms with Gasteiger partial charge in [-0.2, -0.15) is 0 Å². The lowest BCUT2D eigenvalue weighted by atomic mass is 9.90. The number of anilines is 2. The van der Waals surface area contributed by atoms with Crippen molar-refractivity contribution in [1.82, 2.24) is 14.5 Å². The molecule has 1 fully saturated rings. The molecule has 0 radical (unpaired) electrons. The van der Waals surface area contributed by atoms with Gasteiger partial charge in [0, 0.05) is 65.9 Å². The molecule has 1 aliphatic carbocycles. The van der Waals surface area contributed by atoms with Crippen molar-refractivity contribution in [2.24, 2.45) is 11.3 Å². The number of ether oxygens (including phenoxy) is 2. The van der Waals surface area contributed by atoms with Crippen LogP contribution in [0.1, 0.15) is 49.3 Å². The second kappa shape index (κ2) is 14.0. The number of nitrogens with zero attached hydrogens (tertiary/aromatic N) is 5. The predicted octanol–water partition coefficient (Wildman–Crippen LogP) is 4.91. The number of furan rings is 1. The molecule has 6 rings (SSSR count). The molecule has 4 aromatic rings. The number of carbonyl (C=O) groups is 2. The normalized spacial score (nSPS) is 16.2. The Morgan fingerprint density at radius 2 is 1.75 bits per heavy atom. The molecular formula is C37H45N5O6. The van der Waals surface area contributed by atoms with Crippen LogP contribution >= 0.6 is 0 Å². The lowest BCUT2D eigenvalue weighted by molar-refractivity contribution is -0.137. The van der Waals surface area contributed by atoms with Gasteiger partial charge in [0.25, 0.3) is 5.56 Å². The van der Waals surface area contributed by atoms with Crippen LogP contribution in [0.3, 0.4) is 0 Å². The van der Waals surface area contributed by atoms with Gasteiger partial charge >= 0.3 is 0 Å². The van der Waals surface area contributed by atoms with E-state index in [0.29, 0.717) is 75.1 Å². The second-order valence-corrected chi connectivity index (χ2v) is 13.5. The van der Waals surface area contributed by atoms with E-state index < -0.39 is 5.41 Å². The van der Waals surface area contributed by atoms with E-state index in [1.165, 1.54) is 0 Å². The molecule has 254 valence electrons. The maximum absolute atomic E-state index is 14.1. The molecule has 2 amide bonds. The van der Waals surface area contributed by atoms with E-state index in [0.717, 1.165) is 41.0 Å². The highest BCUT2D eigenvalue weighted by atomic mass is 16.5. The van der Waals surface area contributed by atoms with Crippen molar-refractivity contribution < 1.29 is 23.5 Å². The van der Waals surface area contributed by atoms with Gasteiger partial charge in [-0.1, -0.05) is 12.1 Å². The van der Waals surface area contributed by atoms with E-state index in [9.17, 15) is 14.4 Å². The van der Waals surface area contributed by atoms with Crippen molar-refractivity contribution in [3.05, 3.63) is 87.8 Å². The maximum atomic E-state index is 14.1. The third-order valence-corrected chi connectivity index (χ3v) is 9.34. The van der Waals surface area contributed by atoms with E-state index in [1.54, 1.807) is 56.0 Å². The van der Waals surface area contributed by atoms with Crippen LogP contribution in [0.2, 0.25) is 0 Å². The fourth-order valence-electron chi connectivity index (χ4n) is 6.46. The second-order valence-electron chi connectivity index (χ2n) is 13.5. The first-order valence-electron chi connectivity index (χ1n) is 16.6. The first kappa shape index (κ1) is 33.6. The summed E-state index contributed by atoms with van der Waals surface area (Å²) < 4.78 is 18.2. The minimum atomic E-state index is -1.21. The van der Waals surface area contributed by atoms with E-state index >= 15 is 0 Å². The van der Waals surface area contributed by atoms with Crippen molar-refractivity contribution in [3.63, 3.8) is 0 Å². The summed E-state index contributed by atoms with van der Waals surface area (Å²) in [4.78, 5) is 51.6. The summed E-state index contributed by atoms with van der Waals surface area (Å²) in [6.45, 7) is 9.10. The highest BCUT2D eigenvalue weighted by Crippen LogP contribution is 2.42. The topological polar surface area (TPSA) is 110 Å². The minimum Gasteiger partial charge on any atom is -0.461 e. The monoisotopic (exact) mass is 655 g/mol. The lowest BCUT2D eigenvalue weighted by Gasteiger charge is -2.29. The number of hydrogen-bond donors (Lipinski definition) is 0. The van der Waals surface area contributed by atoms with Crippen molar-refractivity contribution in [1.29, 1.82) is 0 Å². The molecule has 0 atom stereocenters. The smallest absolute Gasteiger partial charge is 0.261 e. The first-order chi connectivity index (χ1) is 23.1. The quantitative estimate of drug-likeness (QED) is 0.176. The number of methoxy groups -OCH3 is 2. The Hall–Kier alpha value is -4.32. The maximum Gasteiger partial charge on any atom is 0.261 e. The fraction of sp³-hybridized carbons (Fsp3) is 0.459. The summed E-state index contributed by atoms with van der Waals surface area (Å²) >= 11 is 0. The number of fused-ring (bicyclic) bond motifs is 2. The average Bonchev–Trinajstić information content (AvgIpc) is 3.82. The van der Waals surface area contributed by atoms with Crippen LogP contribution in [0.25, 0.3) is 11.0 Å². The standard InChI is InChI=1S/C37H45N5O6/c1-25-19-29-33(48-25)12-14-40(34(29)43)16-15-39(23-28-7-6-13-38-30(28)24-47-5)21-27-10-11-31-32(20-27)42(22-26-8-9-26)36(45)37(2,3)35(44)41(31)17-18-46-4/h6-7,10-14,19-20,26H,8-9,15-18,21-24H2,1-5H3. The average molecular weight is 656 g/mol. The van der Waals surface area contributed by atoms with Gasteiger partial charge in [-0.3, -0.25) is 24.3 Å². The van der Waals surface area contributed by atoms with Crippen molar-refractivity contribution in [3.8, 4) is 0 Å². The number of amides is 2. The highest BCUT2D eigenvalue weighted by Gasteiger charge is 2.47. The number of aromatic nitrogens is 2. The van der Waals surface area contributed by atoms with Crippen LogP contribution in [-0.2, 0) is 45.3 Å². The number of carbonyl (C=O) groups excluding carboxylic acids is 2. The SMILES string of the molecule is COCCN1C(=O)C(C)(C)C(=O)N(CC2CC2)c2cc(CN(CCn3ccc4oc(C)cc4c3=O)Cc3cccnc3COC)ccc21. The van der Waals surface area contributed by atoms with Crippen LogP contribution in [-0.4, -0.2) is 66.7 Å². The summed E-state index contributed by atoms with van der Waals surface area (Å²) in [5.74, 6) is 0.721. The molecule has 4 heterocycles. The summed E-state index contributed by atoms with van der Waals surface area (Å²) in [6, 6.07) is 13.6. The van der Waals surface area contributed by atoms with Crippen molar-refractivity contribution >= 4 is 34.2 Å². The molecule has 1 aromatic carbocycles. The van der Waals surface area contributed by atoms with E-state index in [-0.39, 0.29) is 17.4 Å². The van der Waals surface area contributed by atoms with Gasteiger partial charge in [0.2, 0.25) is 11.8 Å². The van der Waals surface area contributed by atoms with E-state index in [4.69, 9.17) is 13.9 Å². The number of rotatable bonds is 14. The van der Waals surface area contributed by atoms with Crippen LogP contribution < -0.4 is 15.4 Å². The van der Waals surface area contributed by atoms with Crippen LogP contribution in [0.15, 0.2) is 64.1 Å². The molecule has 1 aliphatic heterocycles. The molecule has 0 bridgehead atoms. The lowest BCUT2D eigenvalue weighted by Crippen LogP contribution is -2.49. The van der Waals surface area contributed by atoms with Gasteiger partial charge < -0.3 is 28.3 Å². The van der Waals surface area contributed by atoms with Gasteiger partial charge in [-0.15, -0.1) is 0 Å². The Morgan fingerprint density at radius 1 is 0.958 bits per heavy atom. The molecule has 0 spiro atoms. The Balaban J connectivity index is 1.35. The van der Waals surface area contributed by atoms with Gasteiger partial charge in [-0.25, -0.2) is 0 Å². The molecule has 3 aromatic heterocycles. The minimum absolute atomic E-state index is 0.0894. The largest absolute Gasteiger partial charge is 0.461 e. The van der Waals surface area contributed by atoms with Crippen LogP contribution in [0, 0.1) is 18.3 Å². The fourth-order valence-corrected chi connectivity index (χ4v) is 6.46. The number of pyridine rings is 2. The molecule has 0 saturated heterocycles. The zero-order chi connectivity index (χ0) is 34.0. The molecule has 0 unspecified atom stereocenters. The molecule has 11 heteroatoms. The zero-order valence-corrected chi connectivity index (χ0v) is 28.5. The number of benzene rings is 1. The van der Waals surface area contributed by atoms with Gasteiger partial charge in [0.05, 0.1) is 35.7 Å². The summed E-state index contributed by atoms with van der Waals surface area (Å²) in [5.41, 5.74) is 3.63. The molecule has 0 N–H and O–H groups in total. The Labute approximate surface area is 281 Å². The molecule has 2 aliphatic rings. The molecule has 1 saturated carbocycles. The molecular weight excluding hydrogens is 610 g/mol. The third kappa shape index (κ3) is 6.94. The van der Waals surface area contributed by atoms with Crippen LogP contribution in [0.4, 0.5) is 11.4 Å². The highest BCUT2D eigenvalue weighted by molar-refractivity contribution is 6.20. The van der Waals surface area contributed by atoms with Crippen molar-refractivity contribution in [2.45, 2.75) is 59.9 Å². The molecule has 48 heavy (non-hydrogen) atoms. The number of hydrogen-bond acceptors (Lipinski definition) is 8.